The number of nitrogens with two attached hydrogens (primary N) is 1. The lowest BCUT2D eigenvalue weighted by Crippen LogP contribution is -2.05. The summed E-state index contributed by atoms with van der Waals surface area (Å²) in [5.74, 6) is 1.03. The van der Waals surface area contributed by atoms with Gasteiger partial charge in [0.2, 0.25) is 0 Å². The SMILES string of the molecule is CCSC(N)c1ccc2nc[nH]c2c1. The molecule has 74 valence electrons. The molecule has 1 atom stereocenters. The van der Waals surface area contributed by atoms with Gasteiger partial charge in [-0.15, -0.1) is 11.8 Å². The lowest BCUT2D eigenvalue weighted by Gasteiger charge is -2.09. The van der Waals surface area contributed by atoms with Crippen LogP contribution in [0.5, 0.6) is 0 Å². The summed E-state index contributed by atoms with van der Waals surface area (Å²) in [5, 5.41) is 0.0627. The number of H-pyrrole nitrogens is 1. The van der Waals surface area contributed by atoms with Crippen LogP contribution < -0.4 is 5.73 Å². The Morgan fingerprint density at radius 2 is 2.43 bits per heavy atom. The van der Waals surface area contributed by atoms with Crippen molar-refractivity contribution in [2.24, 2.45) is 5.73 Å². The summed E-state index contributed by atoms with van der Waals surface area (Å²) in [5.41, 5.74) is 9.18. The van der Waals surface area contributed by atoms with E-state index in [0.29, 0.717) is 0 Å². The highest BCUT2D eigenvalue weighted by atomic mass is 32.2. The largest absolute Gasteiger partial charge is 0.345 e. The first kappa shape index (κ1) is 9.55. The number of hydrogen-bond acceptors (Lipinski definition) is 3. The van der Waals surface area contributed by atoms with Gasteiger partial charge in [-0.1, -0.05) is 13.0 Å². The van der Waals surface area contributed by atoms with Crippen molar-refractivity contribution < 1.29 is 0 Å². The molecular weight excluding hydrogens is 194 g/mol. The standard InChI is InChI=1S/C10H13N3S/c1-2-14-10(11)7-3-4-8-9(5-7)13-6-12-8/h3-6,10H,2,11H2,1H3,(H,12,13). The Morgan fingerprint density at radius 3 is 3.21 bits per heavy atom. The molecule has 0 spiro atoms. The molecule has 0 saturated heterocycles. The van der Waals surface area contributed by atoms with Gasteiger partial charge in [0, 0.05) is 0 Å². The molecule has 2 rings (SSSR count). The van der Waals surface area contributed by atoms with Crippen LogP contribution in [0, 0.1) is 0 Å². The van der Waals surface area contributed by atoms with Gasteiger partial charge in [-0.25, -0.2) is 4.98 Å². The fraction of sp³-hybridized carbons (Fsp3) is 0.300. The van der Waals surface area contributed by atoms with Crippen molar-refractivity contribution in [3.05, 3.63) is 30.1 Å². The molecule has 0 aliphatic rings. The highest BCUT2D eigenvalue weighted by Gasteiger charge is 2.06. The first-order chi connectivity index (χ1) is 6.81. The normalized spacial score (nSPS) is 13.3. The van der Waals surface area contributed by atoms with Gasteiger partial charge in [0.15, 0.2) is 0 Å². The topological polar surface area (TPSA) is 54.7 Å². The summed E-state index contributed by atoms with van der Waals surface area (Å²) in [6, 6.07) is 6.10. The first-order valence-electron chi connectivity index (χ1n) is 4.61. The van der Waals surface area contributed by atoms with E-state index in [9.17, 15) is 0 Å². The van der Waals surface area contributed by atoms with E-state index in [0.717, 1.165) is 22.3 Å². The lowest BCUT2D eigenvalue weighted by atomic mass is 10.2. The summed E-state index contributed by atoms with van der Waals surface area (Å²) >= 11 is 1.74. The molecule has 14 heavy (non-hydrogen) atoms. The second kappa shape index (κ2) is 4.02. The number of fused-ring (bicyclic) bond motifs is 1. The average Bonchev–Trinajstić information content (AvgIpc) is 2.64. The van der Waals surface area contributed by atoms with Crippen molar-refractivity contribution in [2.45, 2.75) is 12.3 Å². The van der Waals surface area contributed by atoms with Gasteiger partial charge in [-0.05, 0) is 23.4 Å². The maximum Gasteiger partial charge on any atom is 0.0931 e. The predicted molar refractivity (Wildman–Crippen MR) is 61.2 cm³/mol. The minimum absolute atomic E-state index is 0.0627. The molecule has 4 heteroatoms. The van der Waals surface area contributed by atoms with E-state index >= 15 is 0 Å². The Balaban J connectivity index is 2.33. The molecule has 2 aromatic rings. The van der Waals surface area contributed by atoms with Crippen LogP contribution >= 0.6 is 11.8 Å². The molecule has 1 aromatic carbocycles. The van der Waals surface area contributed by atoms with E-state index in [1.165, 1.54) is 0 Å². The zero-order valence-electron chi connectivity index (χ0n) is 8.03. The molecular formula is C10H13N3S. The van der Waals surface area contributed by atoms with Gasteiger partial charge in [-0.2, -0.15) is 0 Å². The number of nitrogens with one attached hydrogen (secondary N) is 1. The van der Waals surface area contributed by atoms with Gasteiger partial charge in [0.1, 0.15) is 0 Å². The third-order valence-electron chi connectivity index (χ3n) is 2.12. The molecule has 1 aromatic heterocycles. The van der Waals surface area contributed by atoms with Gasteiger partial charge >= 0.3 is 0 Å². The van der Waals surface area contributed by atoms with Gasteiger partial charge < -0.3 is 10.7 Å². The molecule has 0 amide bonds. The third kappa shape index (κ3) is 1.76. The lowest BCUT2D eigenvalue weighted by molar-refractivity contribution is 1.03. The summed E-state index contributed by atoms with van der Waals surface area (Å²) in [6.45, 7) is 2.11. The van der Waals surface area contributed by atoms with E-state index in [4.69, 9.17) is 5.73 Å². The van der Waals surface area contributed by atoms with E-state index in [1.54, 1.807) is 18.1 Å². The smallest absolute Gasteiger partial charge is 0.0931 e. The Bertz CT molecular complexity index is 424. The Morgan fingerprint density at radius 1 is 1.57 bits per heavy atom. The van der Waals surface area contributed by atoms with Crippen molar-refractivity contribution in [2.75, 3.05) is 5.75 Å². The highest BCUT2D eigenvalue weighted by Crippen LogP contribution is 2.24. The Labute approximate surface area is 87.1 Å². The van der Waals surface area contributed by atoms with Crippen molar-refractivity contribution in [3.8, 4) is 0 Å². The quantitative estimate of drug-likeness (QED) is 0.759. The summed E-state index contributed by atoms with van der Waals surface area (Å²) < 4.78 is 0. The maximum atomic E-state index is 5.99. The van der Waals surface area contributed by atoms with Crippen molar-refractivity contribution in [3.63, 3.8) is 0 Å². The zero-order valence-corrected chi connectivity index (χ0v) is 8.84. The number of thioether (sulfide) groups is 1. The predicted octanol–water partition coefficient (Wildman–Crippen LogP) is 2.27. The highest BCUT2D eigenvalue weighted by molar-refractivity contribution is 7.99. The van der Waals surface area contributed by atoms with Gasteiger partial charge in [-0.3, -0.25) is 0 Å². The molecule has 1 unspecified atom stereocenters. The number of rotatable bonds is 3. The van der Waals surface area contributed by atoms with E-state index in [-0.39, 0.29) is 5.37 Å². The third-order valence-corrected chi connectivity index (χ3v) is 3.08. The first-order valence-corrected chi connectivity index (χ1v) is 5.66. The molecule has 3 nitrogen and oxygen atoms in total. The van der Waals surface area contributed by atoms with Crippen LogP contribution in [0.3, 0.4) is 0 Å². The number of aromatic amines is 1. The molecule has 0 aliphatic heterocycles. The second-order valence-corrected chi connectivity index (χ2v) is 4.47. The summed E-state index contributed by atoms with van der Waals surface area (Å²) in [7, 11) is 0. The van der Waals surface area contributed by atoms with Crippen LogP contribution in [0.25, 0.3) is 11.0 Å². The monoisotopic (exact) mass is 207 g/mol. The van der Waals surface area contributed by atoms with E-state index in [2.05, 4.69) is 23.0 Å². The van der Waals surface area contributed by atoms with E-state index in [1.807, 2.05) is 12.1 Å². The number of hydrogen-bond donors (Lipinski definition) is 2. The van der Waals surface area contributed by atoms with Crippen LogP contribution in [0.4, 0.5) is 0 Å². The van der Waals surface area contributed by atoms with Gasteiger partial charge in [0.05, 0.1) is 22.7 Å². The second-order valence-electron chi connectivity index (χ2n) is 3.06. The summed E-state index contributed by atoms with van der Waals surface area (Å²) in [6.07, 6.45) is 1.70. The van der Waals surface area contributed by atoms with Crippen LogP contribution in [0.2, 0.25) is 0 Å². The fourth-order valence-corrected chi connectivity index (χ4v) is 2.10. The molecule has 3 N–H and O–H groups in total. The minimum atomic E-state index is 0.0627. The van der Waals surface area contributed by atoms with Crippen LogP contribution in [-0.4, -0.2) is 15.7 Å². The summed E-state index contributed by atoms with van der Waals surface area (Å²) in [4.78, 5) is 7.24. The van der Waals surface area contributed by atoms with Crippen molar-refractivity contribution in [1.29, 1.82) is 0 Å². The van der Waals surface area contributed by atoms with Crippen LogP contribution in [-0.2, 0) is 0 Å². The molecule has 0 saturated carbocycles. The Hall–Kier alpha value is -1.00. The van der Waals surface area contributed by atoms with Crippen LogP contribution in [0.15, 0.2) is 24.5 Å². The fourth-order valence-electron chi connectivity index (χ4n) is 1.41. The van der Waals surface area contributed by atoms with Crippen LogP contribution in [0.1, 0.15) is 17.9 Å². The minimum Gasteiger partial charge on any atom is -0.345 e. The zero-order chi connectivity index (χ0) is 9.97. The van der Waals surface area contributed by atoms with E-state index < -0.39 is 0 Å². The number of nitrogens with zero attached hydrogens (tertiary/aromatic N) is 1. The molecule has 0 bridgehead atoms. The number of aromatic nitrogens is 2. The van der Waals surface area contributed by atoms with Crippen molar-refractivity contribution in [1.82, 2.24) is 9.97 Å². The Kier molecular flexibility index (Phi) is 2.74. The maximum absolute atomic E-state index is 5.99. The molecule has 0 fully saturated rings. The number of imidazole rings is 1. The molecule has 1 heterocycles. The average molecular weight is 207 g/mol. The molecule has 0 radical (unpaired) electrons. The molecule has 0 aliphatic carbocycles. The van der Waals surface area contributed by atoms with Gasteiger partial charge in [0.25, 0.3) is 0 Å². The van der Waals surface area contributed by atoms with Crippen molar-refractivity contribution >= 4 is 22.8 Å². The number of benzene rings is 1.